The molecule has 2 nitrogen and oxygen atoms in total. The highest BCUT2D eigenvalue weighted by molar-refractivity contribution is 14.1. The van der Waals surface area contributed by atoms with Crippen LogP contribution in [-0.2, 0) is 9.84 Å². The second-order valence-electron chi connectivity index (χ2n) is 3.26. The van der Waals surface area contributed by atoms with E-state index in [4.69, 9.17) is 0 Å². The number of fused-ring (bicyclic) bond motifs is 1. The zero-order valence-corrected chi connectivity index (χ0v) is 10.2. The molecule has 0 N–H and O–H groups in total. The minimum Gasteiger partial charge on any atom is -0.224 e. The molecule has 0 fully saturated rings. The molecule has 0 saturated heterocycles. The molecule has 0 saturated carbocycles. The molecule has 14 heavy (non-hydrogen) atoms. The van der Waals surface area contributed by atoms with Crippen LogP contribution in [0.15, 0.2) is 23.1 Å². The first-order chi connectivity index (χ1) is 6.50. The van der Waals surface area contributed by atoms with Crippen LogP contribution in [0, 0.1) is 5.82 Å². The lowest BCUT2D eigenvalue weighted by Gasteiger charge is -2.20. The molecular weight excluding hydrogens is 318 g/mol. The van der Waals surface area contributed by atoms with Crippen molar-refractivity contribution in [3.8, 4) is 0 Å². The molecule has 1 unspecified atom stereocenters. The van der Waals surface area contributed by atoms with Crippen LogP contribution in [0.2, 0.25) is 0 Å². The van der Waals surface area contributed by atoms with Gasteiger partial charge in [0.15, 0.2) is 9.84 Å². The first kappa shape index (κ1) is 10.4. The summed E-state index contributed by atoms with van der Waals surface area (Å²) < 4.78 is 36.3. The van der Waals surface area contributed by atoms with Crippen LogP contribution in [0.4, 0.5) is 4.39 Å². The van der Waals surface area contributed by atoms with Crippen molar-refractivity contribution >= 4 is 32.4 Å². The van der Waals surface area contributed by atoms with Gasteiger partial charge in [0, 0.05) is 3.92 Å². The number of hydrogen-bond acceptors (Lipinski definition) is 2. The molecule has 1 heterocycles. The average molecular weight is 326 g/mol. The zero-order chi connectivity index (χ0) is 10.3. The summed E-state index contributed by atoms with van der Waals surface area (Å²) in [5.41, 5.74) is 0.734. The molecule has 0 spiro atoms. The first-order valence-corrected chi connectivity index (χ1v) is 7.07. The number of hydrogen-bond donors (Lipinski definition) is 0. The summed E-state index contributed by atoms with van der Waals surface area (Å²) >= 11 is 2.19. The van der Waals surface area contributed by atoms with Crippen LogP contribution in [0.3, 0.4) is 0 Å². The van der Waals surface area contributed by atoms with E-state index in [9.17, 15) is 12.8 Å². The topological polar surface area (TPSA) is 34.1 Å². The minimum absolute atomic E-state index is 0.122. The van der Waals surface area contributed by atoms with Crippen molar-refractivity contribution in [3.05, 3.63) is 29.6 Å². The smallest absolute Gasteiger partial charge is 0.178 e. The Labute approximate surface area is 95.6 Å². The first-order valence-electron chi connectivity index (χ1n) is 4.17. The fourth-order valence-electron chi connectivity index (χ4n) is 1.56. The van der Waals surface area contributed by atoms with Gasteiger partial charge < -0.3 is 0 Å². The van der Waals surface area contributed by atoms with Gasteiger partial charge >= 0.3 is 0 Å². The van der Waals surface area contributed by atoms with Crippen molar-refractivity contribution in [1.82, 2.24) is 0 Å². The number of alkyl halides is 1. The van der Waals surface area contributed by atoms with Crippen LogP contribution >= 0.6 is 22.6 Å². The number of sulfone groups is 1. The van der Waals surface area contributed by atoms with E-state index in [0.29, 0.717) is 6.42 Å². The summed E-state index contributed by atoms with van der Waals surface area (Å²) in [7, 11) is -3.24. The molecule has 76 valence electrons. The molecule has 0 bridgehead atoms. The van der Waals surface area contributed by atoms with Crippen molar-refractivity contribution < 1.29 is 12.8 Å². The van der Waals surface area contributed by atoms with E-state index in [0.717, 1.165) is 11.6 Å². The van der Waals surface area contributed by atoms with Crippen LogP contribution < -0.4 is 0 Å². The highest BCUT2D eigenvalue weighted by Crippen LogP contribution is 2.37. The van der Waals surface area contributed by atoms with E-state index in [2.05, 4.69) is 22.6 Å². The molecule has 1 atom stereocenters. The lowest BCUT2D eigenvalue weighted by molar-refractivity contribution is 0.580. The van der Waals surface area contributed by atoms with Gasteiger partial charge in [-0.3, -0.25) is 0 Å². The second-order valence-corrected chi connectivity index (χ2v) is 6.84. The molecule has 1 aliphatic heterocycles. The van der Waals surface area contributed by atoms with Crippen molar-refractivity contribution in [3.63, 3.8) is 0 Å². The van der Waals surface area contributed by atoms with Gasteiger partial charge in [-0.2, -0.15) is 0 Å². The van der Waals surface area contributed by atoms with Crippen LogP contribution in [-0.4, -0.2) is 14.2 Å². The summed E-state index contributed by atoms with van der Waals surface area (Å²) in [5, 5.41) is 0. The van der Waals surface area contributed by atoms with E-state index in [1.807, 2.05) is 0 Å². The standard InChI is InChI=1S/C9H8FIO2S/c10-6-1-2-7-8(11)3-4-14(12,13)9(7)5-6/h1-2,5,8H,3-4H2. The van der Waals surface area contributed by atoms with Crippen LogP contribution in [0.1, 0.15) is 15.9 Å². The minimum atomic E-state index is -3.24. The highest BCUT2D eigenvalue weighted by Gasteiger charge is 2.28. The third kappa shape index (κ3) is 1.67. The van der Waals surface area contributed by atoms with E-state index in [1.165, 1.54) is 6.07 Å². The second kappa shape index (κ2) is 3.44. The average Bonchev–Trinajstić information content (AvgIpc) is 2.12. The van der Waals surface area contributed by atoms with Gasteiger partial charge in [-0.15, -0.1) is 0 Å². The van der Waals surface area contributed by atoms with Gasteiger partial charge in [0.05, 0.1) is 10.6 Å². The maximum absolute atomic E-state index is 12.9. The Hall–Kier alpha value is -0.170. The summed E-state index contributed by atoms with van der Waals surface area (Å²) in [6, 6.07) is 4.00. The molecule has 0 radical (unpaired) electrons. The molecule has 0 aromatic heterocycles. The van der Waals surface area contributed by atoms with Gasteiger partial charge in [-0.05, 0) is 24.1 Å². The molecule has 5 heteroatoms. The van der Waals surface area contributed by atoms with Crippen molar-refractivity contribution in [2.75, 3.05) is 5.75 Å². The molecule has 1 aliphatic rings. The number of rotatable bonds is 0. The van der Waals surface area contributed by atoms with Crippen molar-refractivity contribution in [2.24, 2.45) is 0 Å². The Morgan fingerprint density at radius 3 is 2.86 bits per heavy atom. The monoisotopic (exact) mass is 326 g/mol. The Morgan fingerprint density at radius 2 is 2.14 bits per heavy atom. The molecule has 0 amide bonds. The molecule has 1 aromatic carbocycles. The Kier molecular flexibility index (Phi) is 2.55. The number of benzene rings is 1. The van der Waals surface area contributed by atoms with Gasteiger partial charge in [0.25, 0.3) is 0 Å². The van der Waals surface area contributed by atoms with Crippen molar-refractivity contribution in [2.45, 2.75) is 15.2 Å². The predicted molar refractivity (Wildman–Crippen MR) is 59.8 cm³/mol. The fraction of sp³-hybridized carbons (Fsp3) is 0.333. The summed E-state index contributed by atoms with van der Waals surface area (Å²) in [4.78, 5) is 0.170. The molecule has 0 aliphatic carbocycles. The van der Waals surface area contributed by atoms with Crippen molar-refractivity contribution in [1.29, 1.82) is 0 Å². The Bertz CT molecular complexity index is 470. The normalized spacial score (nSPS) is 24.3. The maximum Gasteiger partial charge on any atom is 0.178 e. The Balaban J connectivity index is 2.70. The zero-order valence-electron chi connectivity index (χ0n) is 7.20. The van der Waals surface area contributed by atoms with E-state index >= 15 is 0 Å². The van der Waals surface area contributed by atoms with Gasteiger partial charge in [0.1, 0.15) is 5.82 Å². The summed E-state index contributed by atoms with van der Waals surface area (Å²) in [5.74, 6) is -0.366. The summed E-state index contributed by atoms with van der Waals surface area (Å²) in [6.07, 6.45) is 0.613. The third-order valence-corrected chi connectivity index (χ3v) is 5.38. The lowest BCUT2D eigenvalue weighted by atomic mass is 10.1. The quantitative estimate of drug-likeness (QED) is 0.542. The predicted octanol–water partition coefficient (Wildman–Crippen LogP) is 2.48. The largest absolute Gasteiger partial charge is 0.224 e. The van der Waals surface area contributed by atoms with Crippen LogP contribution in [0.25, 0.3) is 0 Å². The van der Waals surface area contributed by atoms with E-state index in [-0.39, 0.29) is 14.6 Å². The fourth-order valence-corrected chi connectivity index (χ4v) is 4.68. The summed E-state index contributed by atoms with van der Waals surface area (Å²) in [6.45, 7) is 0. The van der Waals surface area contributed by atoms with E-state index < -0.39 is 15.7 Å². The number of halogens is 2. The maximum atomic E-state index is 12.9. The lowest BCUT2D eigenvalue weighted by Crippen LogP contribution is -2.17. The molecule has 1 aromatic rings. The molecular formula is C9H8FIO2S. The SMILES string of the molecule is O=S1(=O)CCC(I)c2ccc(F)cc21. The van der Waals surface area contributed by atoms with Gasteiger partial charge in [0.2, 0.25) is 0 Å². The van der Waals surface area contributed by atoms with E-state index in [1.54, 1.807) is 6.07 Å². The molecule has 2 rings (SSSR count). The van der Waals surface area contributed by atoms with Gasteiger partial charge in [-0.25, -0.2) is 12.8 Å². The third-order valence-electron chi connectivity index (χ3n) is 2.29. The van der Waals surface area contributed by atoms with Gasteiger partial charge in [-0.1, -0.05) is 28.7 Å². The highest BCUT2D eigenvalue weighted by atomic mass is 127. The Morgan fingerprint density at radius 1 is 1.43 bits per heavy atom. The van der Waals surface area contributed by atoms with Crippen LogP contribution in [0.5, 0.6) is 0 Å².